The van der Waals surface area contributed by atoms with Crippen LogP contribution >= 0.6 is 0 Å². The highest BCUT2D eigenvalue weighted by Gasteiger charge is 2.17. The van der Waals surface area contributed by atoms with Crippen molar-refractivity contribution in [1.29, 1.82) is 0 Å². The van der Waals surface area contributed by atoms with Crippen molar-refractivity contribution in [3.63, 3.8) is 0 Å². The lowest BCUT2D eigenvalue weighted by Gasteiger charge is -2.18. The van der Waals surface area contributed by atoms with E-state index in [0.717, 1.165) is 11.3 Å². The van der Waals surface area contributed by atoms with E-state index in [4.69, 9.17) is 9.15 Å². The number of amides is 1. The van der Waals surface area contributed by atoms with Crippen LogP contribution in [0.3, 0.4) is 0 Å². The number of carbonyl (C=O) groups is 1. The quantitative estimate of drug-likeness (QED) is 0.607. The minimum Gasteiger partial charge on any atom is -0.494 e. The molecule has 0 unspecified atom stereocenters. The van der Waals surface area contributed by atoms with Crippen molar-refractivity contribution in [3.8, 4) is 17.2 Å². The highest BCUT2D eigenvalue weighted by atomic mass is 16.5. The van der Waals surface area contributed by atoms with Crippen LogP contribution in [0.15, 0.2) is 52.9 Å². The Hall–Kier alpha value is -3.15. The fourth-order valence-corrected chi connectivity index (χ4v) is 2.90. The molecular weight excluding hydrogens is 366 g/mol. The van der Waals surface area contributed by atoms with Crippen molar-refractivity contribution in [2.75, 3.05) is 13.7 Å². The monoisotopic (exact) mass is 393 g/mol. The maximum atomic E-state index is 12.6. The average molecular weight is 393 g/mol. The van der Waals surface area contributed by atoms with Crippen molar-refractivity contribution < 1.29 is 13.9 Å². The smallest absolute Gasteiger partial charge is 0.254 e. The van der Waals surface area contributed by atoms with Crippen molar-refractivity contribution >= 4 is 5.91 Å². The third-order valence-corrected chi connectivity index (χ3v) is 4.60. The zero-order valence-corrected chi connectivity index (χ0v) is 17.6. The summed E-state index contributed by atoms with van der Waals surface area (Å²) in [7, 11) is 1.71. The van der Waals surface area contributed by atoms with Gasteiger partial charge in [-0.05, 0) is 54.3 Å². The Bertz CT molecular complexity index is 954. The van der Waals surface area contributed by atoms with Gasteiger partial charge in [0.1, 0.15) is 5.75 Å². The number of nitrogens with zero attached hydrogens (tertiary/aromatic N) is 3. The Morgan fingerprint density at radius 2 is 1.69 bits per heavy atom. The molecule has 0 N–H and O–H groups in total. The molecule has 3 rings (SSSR count). The molecule has 2 aromatic carbocycles. The van der Waals surface area contributed by atoms with Crippen molar-refractivity contribution in [2.24, 2.45) is 0 Å². The van der Waals surface area contributed by atoms with E-state index < -0.39 is 0 Å². The zero-order valence-electron chi connectivity index (χ0n) is 17.6. The number of carbonyl (C=O) groups excluding carboxylic acids is 1. The van der Waals surface area contributed by atoms with Crippen LogP contribution in [-0.4, -0.2) is 34.7 Å². The summed E-state index contributed by atoms with van der Waals surface area (Å²) in [5.41, 5.74) is 2.76. The third-order valence-electron chi connectivity index (χ3n) is 4.60. The first-order valence-corrected chi connectivity index (χ1v) is 9.69. The van der Waals surface area contributed by atoms with Gasteiger partial charge >= 0.3 is 0 Å². The van der Waals surface area contributed by atoms with Gasteiger partial charge < -0.3 is 14.1 Å². The molecule has 1 aromatic heterocycles. The third kappa shape index (κ3) is 5.02. The summed E-state index contributed by atoms with van der Waals surface area (Å²) in [6.07, 6.45) is 0. The minimum atomic E-state index is -0.123. The normalized spacial score (nSPS) is 11.3. The standard InChI is InChI=1S/C23H27N3O3/c1-6-28-19-13-9-17(10-14-19)22(27)26(5)15-20-24-25-21(29-20)16-7-11-18(12-8-16)23(2,3)4/h7-14H,6,15H2,1-5H3. The lowest BCUT2D eigenvalue weighted by Crippen LogP contribution is -2.26. The van der Waals surface area contributed by atoms with E-state index in [2.05, 4.69) is 43.1 Å². The lowest BCUT2D eigenvalue weighted by atomic mass is 9.87. The van der Waals surface area contributed by atoms with Gasteiger partial charge in [-0.2, -0.15) is 0 Å². The first kappa shape index (κ1) is 20.6. The summed E-state index contributed by atoms with van der Waals surface area (Å²) in [5, 5.41) is 8.21. The Labute approximate surface area is 171 Å². The summed E-state index contributed by atoms with van der Waals surface area (Å²) in [6.45, 7) is 9.26. The molecule has 6 nitrogen and oxygen atoms in total. The van der Waals surface area contributed by atoms with E-state index in [0.29, 0.717) is 24.0 Å². The average Bonchev–Trinajstić information content (AvgIpc) is 3.16. The molecule has 0 atom stereocenters. The van der Waals surface area contributed by atoms with Crippen LogP contribution in [0.4, 0.5) is 0 Å². The molecule has 6 heteroatoms. The second kappa shape index (κ2) is 8.47. The molecule has 0 aliphatic carbocycles. The van der Waals surface area contributed by atoms with Crippen LogP contribution in [0.2, 0.25) is 0 Å². The molecular formula is C23H27N3O3. The Morgan fingerprint density at radius 1 is 1.03 bits per heavy atom. The Kier molecular flexibility index (Phi) is 6.01. The first-order chi connectivity index (χ1) is 13.8. The molecule has 1 amide bonds. The van der Waals surface area contributed by atoms with Gasteiger partial charge in [0.2, 0.25) is 11.8 Å². The number of benzene rings is 2. The topological polar surface area (TPSA) is 68.5 Å². The summed E-state index contributed by atoms with van der Waals surface area (Å²) in [5.74, 6) is 1.46. The van der Waals surface area contributed by atoms with Crippen LogP contribution in [0.25, 0.3) is 11.5 Å². The second-order valence-electron chi connectivity index (χ2n) is 7.95. The maximum absolute atomic E-state index is 12.6. The summed E-state index contributed by atoms with van der Waals surface area (Å²) < 4.78 is 11.2. The molecule has 0 spiro atoms. The Balaban J connectivity index is 1.66. The van der Waals surface area contributed by atoms with Crippen molar-refractivity contribution in [3.05, 3.63) is 65.5 Å². The first-order valence-electron chi connectivity index (χ1n) is 9.69. The van der Waals surface area contributed by atoms with E-state index >= 15 is 0 Å². The summed E-state index contributed by atoms with van der Waals surface area (Å²) in [6, 6.07) is 15.2. The Morgan fingerprint density at radius 3 is 2.28 bits per heavy atom. The fraction of sp³-hybridized carbons (Fsp3) is 0.348. The number of hydrogen-bond acceptors (Lipinski definition) is 5. The minimum absolute atomic E-state index is 0.0858. The lowest BCUT2D eigenvalue weighted by molar-refractivity contribution is 0.0773. The predicted octanol–water partition coefficient (Wildman–Crippen LogP) is 4.71. The molecule has 0 aliphatic rings. The maximum Gasteiger partial charge on any atom is 0.254 e. The van der Waals surface area contributed by atoms with Crippen LogP contribution in [0.5, 0.6) is 5.75 Å². The van der Waals surface area contributed by atoms with E-state index in [1.165, 1.54) is 5.56 Å². The number of rotatable bonds is 6. The van der Waals surface area contributed by atoms with Crippen LogP contribution in [0, 0.1) is 0 Å². The highest BCUT2D eigenvalue weighted by Crippen LogP contribution is 2.25. The van der Waals surface area contributed by atoms with Crippen LogP contribution in [0.1, 0.15) is 49.5 Å². The van der Waals surface area contributed by atoms with Gasteiger partial charge in [-0.1, -0.05) is 32.9 Å². The van der Waals surface area contributed by atoms with E-state index in [1.54, 1.807) is 36.2 Å². The molecule has 0 aliphatic heterocycles. The SMILES string of the molecule is CCOc1ccc(C(=O)N(C)Cc2nnc(-c3ccc(C(C)(C)C)cc3)o2)cc1. The van der Waals surface area contributed by atoms with Gasteiger partial charge in [-0.15, -0.1) is 10.2 Å². The second-order valence-corrected chi connectivity index (χ2v) is 7.95. The zero-order chi connectivity index (χ0) is 21.0. The van der Waals surface area contributed by atoms with E-state index in [1.807, 2.05) is 19.1 Å². The van der Waals surface area contributed by atoms with Crippen molar-refractivity contribution in [2.45, 2.75) is 39.7 Å². The fourth-order valence-electron chi connectivity index (χ4n) is 2.90. The summed E-state index contributed by atoms with van der Waals surface area (Å²) >= 11 is 0. The number of ether oxygens (including phenoxy) is 1. The van der Waals surface area contributed by atoms with Crippen molar-refractivity contribution in [1.82, 2.24) is 15.1 Å². The molecule has 1 heterocycles. The molecule has 0 bridgehead atoms. The van der Waals surface area contributed by atoms with Gasteiger partial charge in [-0.3, -0.25) is 4.79 Å². The van der Waals surface area contributed by atoms with Crippen LogP contribution in [-0.2, 0) is 12.0 Å². The molecule has 29 heavy (non-hydrogen) atoms. The molecule has 152 valence electrons. The predicted molar refractivity (Wildman–Crippen MR) is 112 cm³/mol. The molecule has 0 radical (unpaired) electrons. The van der Waals surface area contributed by atoms with E-state index in [9.17, 15) is 4.79 Å². The number of aromatic nitrogens is 2. The molecule has 0 saturated carbocycles. The molecule has 0 saturated heterocycles. The van der Waals surface area contributed by atoms with Crippen LogP contribution < -0.4 is 4.74 Å². The number of hydrogen-bond donors (Lipinski definition) is 0. The molecule has 0 fully saturated rings. The van der Waals surface area contributed by atoms with E-state index in [-0.39, 0.29) is 17.9 Å². The van der Waals surface area contributed by atoms with Gasteiger partial charge in [0.15, 0.2) is 0 Å². The molecule has 3 aromatic rings. The summed E-state index contributed by atoms with van der Waals surface area (Å²) in [4.78, 5) is 14.2. The van der Waals surface area contributed by atoms with Gasteiger partial charge in [0.05, 0.1) is 13.2 Å². The largest absolute Gasteiger partial charge is 0.494 e. The van der Waals surface area contributed by atoms with Gasteiger partial charge in [0, 0.05) is 18.2 Å². The van der Waals surface area contributed by atoms with Gasteiger partial charge in [-0.25, -0.2) is 0 Å². The highest BCUT2D eigenvalue weighted by molar-refractivity contribution is 5.94. The van der Waals surface area contributed by atoms with Gasteiger partial charge in [0.25, 0.3) is 5.91 Å².